The molecular formula is C26H23Cl2F4N5O5S. The topological polar surface area (TPSA) is 128 Å². The summed E-state index contributed by atoms with van der Waals surface area (Å²) in [5, 5.41) is 17.0. The molecule has 1 aromatic heterocycles. The Labute approximate surface area is 256 Å². The number of aryl methyl sites for hydroxylation is 1. The number of amides is 2. The molecular weight excluding hydrogens is 641 g/mol. The Bertz CT molecular complexity index is 1500. The van der Waals surface area contributed by atoms with E-state index in [4.69, 9.17) is 23.2 Å². The number of rotatable bonds is 10. The maximum Gasteiger partial charge on any atom is 0.461 e. The van der Waals surface area contributed by atoms with Crippen LogP contribution in [0.2, 0.25) is 10.0 Å². The molecule has 0 radical (unpaired) electrons. The molecule has 43 heavy (non-hydrogen) atoms. The molecule has 1 atom stereocenters. The summed E-state index contributed by atoms with van der Waals surface area (Å²) in [7, 11) is 0. The first-order valence-electron chi connectivity index (χ1n) is 12.8. The van der Waals surface area contributed by atoms with Crippen molar-refractivity contribution in [3.63, 3.8) is 0 Å². The second-order valence-electron chi connectivity index (χ2n) is 9.66. The van der Waals surface area contributed by atoms with Crippen molar-refractivity contribution in [2.75, 3.05) is 4.90 Å². The third-order valence-corrected chi connectivity index (χ3v) is 8.05. The third kappa shape index (κ3) is 7.33. The number of halogens is 6. The van der Waals surface area contributed by atoms with Gasteiger partial charge in [-0.15, -0.1) is 5.10 Å². The van der Waals surface area contributed by atoms with E-state index in [-0.39, 0.29) is 33.6 Å². The van der Waals surface area contributed by atoms with Gasteiger partial charge in [-0.1, -0.05) is 59.1 Å². The van der Waals surface area contributed by atoms with Gasteiger partial charge in [-0.05, 0) is 49.0 Å². The van der Waals surface area contributed by atoms with Gasteiger partial charge in [0.25, 0.3) is 11.6 Å². The Morgan fingerprint density at radius 3 is 2.37 bits per heavy atom. The summed E-state index contributed by atoms with van der Waals surface area (Å²) < 4.78 is 61.0. The Balaban J connectivity index is 1.90. The van der Waals surface area contributed by atoms with Crippen LogP contribution < -0.4 is 15.0 Å². The van der Waals surface area contributed by atoms with Crippen LogP contribution in [-0.2, 0) is 4.79 Å². The molecule has 1 aliphatic carbocycles. The molecule has 0 aliphatic heterocycles. The van der Waals surface area contributed by atoms with Crippen LogP contribution in [0.5, 0.6) is 5.75 Å². The highest BCUT2D eigenvalue weighted by Crippen LogP contribution is 2.43. The molecule has 3 aromatic rings. The Morgan fingerprint density at radius 1 is 1.16 bits per heavy atom. The summed E-state index contributed by atoms with van der Waals surface area (Å²) in [6.07, 6.45) is -5.11. The van der Waals surface area contributed by atoms with Crippen molar-refractivity contribution >= 4 is 57.9 Å². The molecule has 1 unspecified atom stereocenters. The first-order chi connectivity index (χ1) is 20.3. The lowest BCUT2D eigenvalue weighted by atomic mass is 9.94. The third-order valence-electron chi connectivity index (χ3n) is 6.67. The number of nitrogens with zero attached hydrogens (tertiary/aromatic N) is 4. The second kappa shape index (κ2) is 13.4. The smallest absolute Gasteiger partial charge is 0.425 e. The molecule has 1 saturated carbocycles. The Kier molecular flexibility index (Phi) is 10.1. The van der Waals surface area contributed by atoms with E-state index >= 15 is 0 Å². The van der Waals surface area contributed by atoms with E-state index in [2.05, 4.69) is 19.6 Å². The van der Waals surface area contributed by atoms with Crippen molar-refractivity contribution in [1.29, 1.82) is 0 Å². The molecule has 1 aliphatic rings. The van der Waals surface area contributed by atoms with Crippen molar-refractivity contribution in [2.45, 2.75) is 63.6 Å². The highest BCUT2D eigenvalue weighted by atomic mass is 35.5. The molecule has 1 heterocycles. The van der Waals surface area contributed by atoms with E-state index in [0.29, 0.717) is 24.4 Å². The number of nitro benzene ring substituents is 1. The number of hydrogen-bond acceptors (Lipinski definition) is 8. The highest BCUT2D eigenvalue weighted by molar-refractivity contribution is 7.08. The van der Waals surface area contributed by atoms with Gasteiger partial charge in [-0.25, -0.2) is 0 Å². The molecule has 10 nitrogen and oxygen atoms in total. The highest BCUT2D eigenvalue weighted by Gasteiger charge is 2.45. The summed E-state index contributed by atoms with van der Waals surface area (Å²) in [5.41, 5.74) is -0.372. The summed E-state index contributed by atoms with van der Waals surface area (Å²) in [6.45, 7) is 1.49. The van der Waals surface area contributed by atoms with Crippen molar-refractivity contribution in [3.05, 3.63) is 72.7 Å². The molecule has 2 amide bonds. The van der Waals surface area contributed by atoms with Crippen LogP contribution in [0.4, 0.5) is 28.9 Å². The SMILES string of the molecule is Cc1nnsc1C(=O)N(c1cc(Cl)c(OC(F)(F)C(F)F)c(Cl)c1)C(C(=O)NC1CCCCC1)c1cccc([N+](=O)[O-])c1. The van der Waals surface area contributed by atoms with Gasteiger partial charge in [-0.3, -0.25) is 24.6 Å². The minimum Gasteiger partial charge on any atom is -0.425 e. The van der Waals surface area contributed by atoms with Crippen LogP contribution in [-0.4, -0.2) is 44.9 Å². The van der Waals surface area contributed by atoms with E-state index in [9.17, 15) is 37.3 Å². The fourth-order valence-electron chi connectivity index (χ4n) is 4.64. The van der Waals surface area contributed by atoms with Crippen molar-refractivity contribution < 1.29 is 36.8 Å². The maximum absolute atomic E-state index is 14.1. The number of aromatic nitrogens is 2. The number of nitrogens with one attached hydrogen (secondary N) is 1. The number of carbonyl (C=O) groups excluding carboxylic acids is 2. The average Bonchev–Trinajstić information content (AvgIpc) is 3.39. The van der Waals surface area contributed by atoms with E-state index < -0.39 is 51.1 Å². The van der Waals surface area contributed by atoms with Crippen LogP contribution in [0, 0.1) is 17.0 Å². The summed E-state index contributed by atoms with van der Waals surface area (Å²) >= 11 is 13.0. The minimum absolute atomic E-state index is 0.0160. The number of carbonyl (C=O) groups is 2. The molecule has 0 bridgehead atoms. The van der Waals surface area contributed by atoms with Crippen LogP contribution >= 0.6 is 34.7 Å². The number of anilines is 1. The first-order valence-corrected chi connectivity index (χ1v) is 14.3. The van der Waals surface area contributed by atoms with Gasteiger partial charge in [0.05, 0.1) is 20.7 Å². The number of benzene rings is 2. The van der Waals surface area contributed by atoms with Gasteiger partial charge in [0, 0.05) is 23.9 Å². The van der Waals surface area contributed by atoms with Gasteiger partial charge in [0.1, 0.15) is 10.9 Å². The fraction of sp³-hybridized carbons (Fsp3) is 0.385. The molecule has 0 saturated heterocycles. The second-order valence-corrected chi connectivity index (χ2v) is 11.2. The predicted molar refractivity (Wildman–Crippen MR) is 150 cm³/mol. The maximum atomic E-state index is 14.1. The van der Waals surface area contributed by atoms with Crippen molar-refractivity contribution in [1.82, 2.24) is 14.9 Å². The zero-order chi connectivity index (χ0) is 31.5. The average molecular weight is 664 g/mol. The summed E-state index contributed by atoms with van der Waals surface area (Å²) in [6, 6.07) is 5.11. The quantitative estimate of drug-likeness (QED) is 0.139. The Morgan fingerprint density at radius 2 is 1.81 bits per heavy atom. The van der Waals surface area contributed by atoms with Crippen LogP contribution in [0.3, 0.4) is 0 Å². The number of hydrogen-bond donors (Lipinski definition) is 1. The largest absolute Gasteiger partial charge is 0.461 e. The van der Waals surface area contributed by atoms with Crippen LogP contribution in [0.15, 0.2) is 36.4 Å². The summed E-state index contributed by atoms with van der Waals surface area (Å²) in [4.78, 5) is 39.9. The lowest BCUT2D eigenvalue weighted by Gasteiger charge is -2.33. The van der Waals surface area contributed by atoms with Crippen molar-refractivity contribution in [2.24, 2.45) is 0 Å². The molecule has 1 N–H and O–H groups in total. The summed E-state index contributed by atoms with van der Waals surface area (Å²) in [5.74, 6) is -2.53. The fourth-order valence-corrected chi connectivity index (χ4v) is 5.78. The minimum atomic E-state index is -4.94. The standard InChI is InChI=1S/C26H23Cl2F4N5O5S/c1-13-22(43-35-34-13)24(39)36(17-11-18(27)21(19(28)12-17)42-26(31,32)25(29)30)20(14-6-5-9-16(10-14)37(40)41)23(38)33-15-7-3-2-4-8-15/h5-6,9-12,15,20,25H,2-4,7-8H2,1H3,(H,33,38). The molecule has 4 rings (SSSR count). The molecule has 0 spiro atoms. The number of non-ortho nitro benzene ring substituents is 1. The van der Waals surface area contributed by atoms with E-state index in [1.54, 1.807) is 0 Å². The normalized spacial score (nSPS) is 14.8. The zero-order valence-corrected chi connectivity index (χ0v) is 24.6. The van der Waals surface area contributed by atoms with E-state index in [0.717, 1.165) is 42.4 Å². The van der Waals surface area contributed by atoms with Crippen molar-refractivity contribution in [3.8, 4) is 5.75 Å². The number of alkyl halides is 4. The number of ether oxygens (including phenoxy) is 1. The number of nitro groups is 1. The first kappa shape index (κ1) is 32.4. The zero-order valence-electron chi connectivity index (χ0n) is 22.2. The van der Waals surface area contributed by atoms with Gasteiger partial charge in [0.2, 0.25) is 5.91 Å². The monoisotopic (exact) mass is 663 g/mol. The molecule has 230 valence electrons. The van der Waals surface area contributed by atoms with Gasteiger partial charge in [-0.2, -0.15) is 17.6 Å². The van der Waals surface area contributed by atoms with E-state index in [1.165, 1.54) is 25.1 Å². The lowest BCUT2D eigenvalue weighted by Crippen LogP contribution is -2.47. The van der Waals surface area contributed by atoms with Gasteiger partial charge >= 0.3 is 12.5 Å². The molecule has 2 aromatic carbocycles. The van der Waals surface area contributed by atoms with Gasteiger partial charge in [0.15, 0.2) is 5.75 Å². The van der Waals surface area contributed by atoms with E-state index in [1.807, 2.05) is 0 Å². The van der Waals surface area contributed by atoms with Gasteiger partial charge < -0.3 is 10.1 Å². The Hall–Kier alpha value is -3.56. The van der Waals surface area contributed by atoms with Crippen LogP contribution in [0.1, 0.15) is 59.1 Å². The molecule has 17 heteroatoms. The van der Waals surface area contributed by atoms with Crippen LogP contribution in [0.25, 0.3) is 0 Å². The lowest BCUT2D eigenvalue weighted by molar-refractivity contribution is -0.384. The molecule has 1 fully saturated rings. The predicted octanol–water partition coefficient (Wildman–Crippen LogP) is 7.14.